The van der Waals surface area contributed by atoms with Gasteiger partial charge in [0.05, 0.1) is 11.3 Å². The molecule has 0 spiro atoms. The summed E-state index contributed by atoms with van der Waals surface area (Å²) in [5.74, 6) is -0.859. The smallest absolute Gasteiger partial charge is 0.379 e. The summed E-state index contributed by atoms with van der Waals surface area (Å²) in [7, 11) is 0. The first-order chi connectivity index (χ1) is 7.70. The minimum atomic E-state index is -4.50. The highest BCUT2D eigenvalue weighted by Gasteiger charge is 2.46. The van der Waals surface area contributed by atoms with E-state index >= 15 is 0 Å². The third kappa shape index (κ3) is 2.53. The molecule has 0 aliphatic heterocycles. The molecule has 1 saturated carbocycles. The molecule has 0 saturated heterocycles. The average Bonchev–Trinajstić information content (AvgIpc) is 2.75. The minimum Gasteiger partial charge on any atom is -0.379 e. The summed E-state index contributed by atoms with van der Waals surface area (Å²) in [6.07, 6.45) is -3.61. The van der Waals surface area contributed by atoms with Crippen LogP contribution in [0.3, 0.4) is 0 Å². The van der Waals surface area contributed by atoms with Gasteiger partial charge in [0, 0.05) is 6.04 Å². The van der Waals surface area contributed by atoms with E-state index in [-0.39, 0.29) is 17.1 Å². The van der Waals surface area contributed by atoms with E-state index in [0.29, 0.717) is 6.07 Å². The van der Waals surface area contributed by atoms with Crippen molar-refractivity contribution in [3.05, 3.63) is 29.6 Å². The van der Waals surface area contributed by atoms with E-state index < -0.39 is 17.6 Å². The number of nitrogens with one attached hydrogen (secondary N) is 1. The van der Waals surface area contributed by atoms with Gasteiger partial charge >= 0.3 is 6.18 Å². The second-order valence-corrected chi connectivity index (χ2v) is 5.08. The highest BCUT2D eigenvalue weighted by molar-refractivity contribution is 5.49. The van der Waals surface area contributed by atoms with Crippen LogP contribution in [0, 0.1) is 11.2 Å². The monoisotopic (exact) mass is 247 g/mol. The standard InChI is InChI=1S/C12H13F4N/c1-11(2)6-10(11)17-9-4-3-7(5-8(9)13)12(14,15)16/h3-5,10,17H,6H2,1-2H3. The fourth-order valence-corrected chi connectivity index (χ4v) is 1.71. The third-order valence-corrected chi connectivity index (χ3v) is 3.14. The van der Waals surface area contributed by atoms with Crippen molar-refractivity contribution in [1.29, 1.82) is 0 Å². The van der Waals surface area contributed by atoms with Gasteiger partial charge in [-0.25, -0.2) is 4.39 Å². The van der Waals surface area contributed by atoms with Gasteiger partial charge in [-0.1, -0.05) is 13.8 Å². The fourth-order valence-electron chi connectivity index (χ4n) is 1.71. The topological polar surface area (TPSA) is 12.0 Å². The maximum Gasteiger partial charge on any atom is 0.416 e. The number of alkyl halides is 3. The molecule has 0 heterocycles. The Kier molecular flexibility index (Phi) is 2.60. The zero-order chi connectivity index (χ0) is 12.8. The van der Waals surface area contributed by atoms with Crippen molar-refractivity contribution < 1.29 is 17.6 Å². The van der Waals surface area contributed by atoms with Gasteiger partial charge in [-0.15, -0.1) is 0 Å². The molecule has 0 bridgehead atoms. The molecule has 1 aliphatic carbocycles. The first kappa shape index (κ1) is 12.2. The van der Waals surface area contributed by atoms with Crippen LogP contribution in [0.4, 0.5) is 23.2 Å². The summed E-state index contributed by atoms with van der Waals surface area (Å²) in [6, 6.07) is 2.69. The van der Waals surface area contributed by atoms with Crippen LogP contribution in [0.25, 0.3) is 0 Å². The molecule has 2 rings (SSSR count). The lowest BCUT2D eigenvalue weighted by Crippen LogP contribution is -2.11. The average molecular weight is 247 g/mol. The van der Waals surface area contributed by atoms with Crippen LogP contribution < -0.4 is 5.32 Å². The van der Waals surface area contributed by atoms with Gasteiger partial charge in [-0.05, 0) is 30.0 Å². The molecule has 1 aromatic rings. The first-order valence-electron chi connectivity index (χ1n) is 5.33. The summed E-state index contributed by atoms with van der Waals surface area (Å²) in [5.41, 5.74) is -0.737. The Labute approximate surface area is 96.8 Å². The Bertz CT molecular complexity index is 437. The molecular formula is C12H13F4N. The first-order valence-corrected chi connectivity index (χ1v) is 5.33. The van der Waals surface area contributed by atoms with Crippen molar-refractivity contribution in [2.75, 3.05) is 5.32 Å². The molecule has 1 aliphatic rings. The van der Waals surface area contributed by atoms with Crippen LogP contribution in [0.2, 0.25) is 0 Å². The van der Waals surface area contributed by atoms with E-state index in [1.54, 1.807) is 0 Å². The molecule has 0 amide bonds. The zero-order valence-corrected chi connectivity index (χ0v) is 9.53. The highest BCUT2D eigenvalue weighted by atomic mass is 19.4. The number of hydrogen-bond acceptors (Lipinski definition) is 1. The minimum absolute atomic E-state index is 0.0924. The lowest BCUT2D eigenvalue weighted by Gasteiger charge is -2.12. The van der Waals surface area contributed by atoms with Crippen molar-refractivity contribution in [2.24, 2.45) is 5.41 Å². The van der Waals surface area contributed by atoms with Gasteiger partial charge in [0.1, 0.15) is 5.82 Å². The molecule has 5 heteroatoms. The van der Waals surface area contributed by atoms with Crippen LogP contribution in [0.5, 0.6) is 0 Å². The second-order valence-electron chi connectivity index (χ2n) is 5.08. The van der Waals surface area contributed by atoms with Crippen LogP contribution in [0.15, 0.2) is 18.2 Å². The van der Waals surface area contributed by atoms with Gasteiger partial charge in [-0.2, -0.15) is 13.2 Å². The Balaban J connectivity index is 2.16. The summed E-state index contributed by atoms with van der Waals surface area (Å²) in [4.78, 5) is 0. The number of rotatable bonds is 2. The van der Waals surface area contributed by atoms with Crippen LogP contribution in [-0.2, 0) is 6.18 Å². The van der Waals surface area contributed by atoms with E-state index in [4.69, 9.17) is 0 Å². The molecular weight excluding hydrogens is 234 g/mol. The maximum absolute atomic E-state index is 13.5. The number of benzene rings is 1. The Morgan fingerprint density at radius 3 is 2.29 bits per heavy atom. The molecule has 1 N–H and O–H groups in total. The van der Waals surface area contributed by atoms with Gasteiger partial charge in [0.15, 0.2) is 0 Å². The molecule has 1 unspecified atom stereocenters. The number of hydrogen-bond donors (Lipinski definition) is 1. The van der Waals surface area contributed by atoms with E-state index in [2.05, 4.69) is 5.32 Å². The van der Waals surface area contributed by atoms with Crippen LogP contribution >= 0.6 is 0 Å². The van der Waals surface area contributed by atoms with Gasteiger partial charge in [0.25, 0.3) is 0 Å². The van der Waals surface area contributed by atoms with Gasteiger partial charge in [0.2, 0.25) is 0 Å². The summed E-state index contributed by atoms with van der Waals surface area (Å²) >= 11 is 0. The number of anilines is 1. The molecule has 0 radical (unpaired) electrons. The fraction of sp³-hybridized carbons (Fsp3) is 0.500. The molecule has 0 aromatic heterocycles. The van der Waals surface area contributed by atoms with E-state index in [0.717, 1.165) is 18.6 Å². The largest absolute Gasteiger partial charge is 0.416 e. The molecule has 94 valence electrons. The molecule has 17 heavy (non-hydrogen) atoms. The normalized spacial score (nSPS) is 22.4. The molecule has 1 aromatic carbocycles. The second kappa shape index (κ2) is 3.62. The van der Waals surface area contributed by atoms with Crippen molar-refractivity contribution in [1.82, 2.24) is 0 Å². The van der Waals surface area contributed by atoms with Crippen molar-refractivity contribution in [3.8, 4) is 0 Å². The predicted octanol–water partition coefficient (Wildman–Crippen LogP) is 4.05. The lowest BCUT2D eigenvalue weighted by molar-refractivity contribution is -0.137. The van der Waals surface area contributed by atoms with E-state index in [1.807, 2.05) is 13.8 Å². The molecule has 1 fully saturated rings. The van der Waals surface area contributed by atoms with Crippen molar-refractivity contribution in [2.45, 2.75) is 32.5 Å². The summed E-state index contributed by atoms with van der Waals surface area (Å²) < 4.78 is 50.4. The van der Waals surface area contributed by atoms with Crippen LogP contribution in [-0.4, -0.2) is 6.04 Å². The Morgan fingerprint density at radius 1 is 1.29 bits per heavy atom. The number of halogens is 4. The van der Waals surface area contributed by atoms with E-state index in [1.165, 1.54) is 0 Å². The SMILES string of the molecule is CC1(C)CC1Nc1ccc(C(F)(F)F)cc1F. The summed E-state index contributed by atoms with van der Waals surface area (Å²) in [6.45, 7) is 4.04. The quantitative estimate of drug-likeness (QED) is 0.777. The van der Waals surface area contributed by atoms with Crippen molar-refractivity contribution >= 4 is 5.69 Å². The third-order valence-electron chi connectivity index (χ3n) is 3.14. The maximum atomic E-state index is 13.5. The highest BCUT2D eigenvalue weighted by Crippen LogP contribution is 2.46. The van der Waals surface area contributed by atoms with E-state index in [9.17, 15) is 17.6 Å². The Hall–Kier alpha value is -1.26. The van der Waals surface area contributed by atoms with Crippen molar-refractivity contribution in [3.63, 3.8) is 0 Å². The molecule has 1 nitrogen and oxygen atoms in total. The predicted molar refractivity (Wildman–Crippen MR) is 57.2 cm³/mol. The summed E-state index contributed by atoms with van der Waals surface area (Å²) in [5, 5.41) is 2.91. The van der Waals surface area contributed by atoms with Gasteiger partial charge in [-0.3, -0.25) is 0 Å². The zero-order valence-electron chi connectivity index (χ0n) is 9.53. The molecule has 1 atom stereocenters. The lowest BCUT2D eigenvalue weighted by atomic mass is 10.1. The Morgan fingerprint density at radius 2 is 1.88 bits per heavy atom. The van der Waals surface area contributed by atoms with Crippen LogP contribution in [0.1, 0.15) is 25.8 Å². The van der Waals surface area contributed by atoms with Gasteiger partial charge < -0.3 is 5.32 Å².